The molecule has 0 saturated heterocycles. The zero-order chi connectivity index (χ0) is 31.7. The summed E-state index contributed by atoms with van der Waals surface area (Å²) in [6, 6.07) is 35.1. The summed E-state index contributed by atoms with van der Waals surface area (Å²) in [6.07, 6.45) is 0. The highest BCUT2D eigenvalue weighted by Gasteiger charge is 2.41. The summed E-state index contributed by atoms with van der Waals surface area (Å²) < 4.78 is 4.61. The van der Waals surface area contributed by atoms with E-state index in [2.05, 4.69) is 162 Å². The van der Waals surface area contributed by atoms with Crippen molar-refractivity contribution in [2.75, 3.05) is 0 Å². The summed E-state index contributed by atoms with van der Waals surface area (Å²) in [5.74, 6) is 1.15. The number of rotatable bonds is 9. The lowest BCUT2D eigenvalue weighted by molar-refractivity contribution is -0.573. The molecule has 0 aliphatic rings. The summed E-state index contributed by atoms with van der Waals surface area (Å²) in [5.41, 5.74) is 8.42. The summed E-state index contributed by atoms with van der Waals surface area (Å²) in [4.78, 5) is 0. The Bertz CT molecular complexity index is 1560. The predicted octanol–water partition coefficient (Wildman–Crippen LogP) is 10.3. The molecule has 228 valence electrons. The quantitative estimate of drug-likeness (QED) is 0.112. The lowest BCUT2D eigenvalue weighted by Crippen LogP contribution is -2.51. The van der Waals surface area contributed by atoms with Crippen LogP contribution in [0.2, 0.25) is 10.3 Å². The van der Waals surface area contributed by atoms with Gasteiger partial charge in [0.15, 0.2) is 0 Å². The molecule has 5 aromatic rings. The van der Waals surface area contributed by atoms with Gasteiger partial charge in [0.05, 0.1) is 7.92 Å². The predicted molar refractivity (Wildman–Crippen MR) is 192 cm³/mol. The lowest BCUT2D eigenvalue weighted by Gasteiger charge is -2.23. The van der Waals surface area contributed by atoms with Crippen molar-refractivity contribution in [1.82, 2.24) is 4.57 Å². The van der Waals surface area contributed by atoms with Crippen LogP contribution < -0.4 is 20.7 Å². The second-order valence-corrected chi connectivity index (χ2v) is 15.6. The van der Waals surface area contributed by atoms with Gasteiger partial charge in [0.1, 0.15) is 11.4 Å². The molecule has 0 unspecified atom stereocenters. The molecule has 0 aliphatic carbocycles. The van der Waals surface area contributed by atoms with Crippen molar-refractivity contribution in [3.63, 3.8) is 0 Å². The molecule has 2 nitrogen and oxygen atoms in total. The molecule has 0 bridgehead atoms. The molecule has 0 aliphatic heterocycles. The molecule has 0 spiro atoms. The van der Waals surface area contributed by atoms with Crippen molar-refractivity contribution in [2.45, 2.75) is 79.1 Å². The zero-order valence-corrected chi connectivity index (χ0v) is 29.6. The van der Waals surface area contributed by atoms with Crippen LogP contribution in [-0.2, 0) is 0 Å². The zero-order valence-electron chi connectivity index (χ0n) is 27.1. The van der Waals surface area contributed by atoms with E-state index < -0.39 is 7.92 Å². The summed E-state index contributed by atoms with van der Waals surface area (Å²) in [7, 11) is -1.10. The van der Waals surface area contributed by atoms with Crippen molar-refractivity contribution >= 4 is 47.3 Å². The minimum Gasteiger partial charge on any atom is -0.176 e. The fourth-order valence-corrected chi connectivity index (χ4v) is 9.25. The van der Waals surface area contributed by atoms with Crippen molar-refractivity contribution in [3.8, 4) is 11.4 Å². The van der Waals surface area contributed by atoms with Gasteiger partial charge in [-0.05, 0) is 57.5 Å². The molecule has 5 rings (SSSR count). The van der Waals surface area contributed by atoms with Gasteiger partial charge in [0.25, 0.3) is 15.9 Å². The van der Waals surface area contributed by atoms with Crippen molar-refractivity contribution in [1.29, 1.82) is 0 Å². The smallest absolute Gasteiger partial charge is 0.176 e. The molecule has 4 aromatic carbocycles. The van der Waals surface area contributed by atoms with Crippen molar-refractivity contribution in [2.24, 2.45) is 0 Å². The van der Waals surface area contributed by atoms with Crippen LogP contribution in [0.1, 0.15) is 101 Å². The maximum absolute atomic E-state index is 7.56. The molecule has 0 amide bonds. The Hall–Kier alpha value is -2.90. The molecule has 0 saturated carbocycles. The highest BCUT2D eigenvalue weighted by molar-refractivity contribution is 7.79. The third-order valence-electron chi connectivity index (χ3n) is 8.32. The van der Waals surface area contributed by atoms with E-state index in [-0.39, 0.29) is 23.7 Å². The maximum Gasteiger partial charge on any atom is 0.298 e. The van der Waals surface area contributed by atoms with E-state index in [4.69, 9.17) is 23.2 Å². The second-order valence-electron chi connectivity index (χ2n) is 12.7. The Labute approximate surface area is 275 Å². The molecule has 5 heteroatoms. The summed E-state index contributed by atoms with van der Waals surface area (Å²) >= 11 is 15.1. The van der Waals surface area contributed by atoms with E-state index in [1.54, 1.807) is 0 Å². The normalized spacial score (nSPS) is 12.0. The monoisotopic (exact) mass is 641 g/mol. The highest BCUT2D eigenvalue weighted by Crippen LogP contribution is 2.41. The first kappa shape index (κ1) is 32.5. The van der Waals surface area contributed by atoms with Gasteiger partial charge in [-0.15, -0.1) is 0 Å². The Balaban J connectivity index is 2.07. The minimum atomic E-state index is -1.10. The standard InChI is InChI=1S/C39H44Cl2N2P/c1-25(2)31-21-15-22-32(26(3)4)35(31)42-37(40)38(41)43(36-33(27(5)6)23-16-24-34(36)28(7)8)39(42)44(29-17-11-9-12-18-29)30-19-13-10-14-20-30/h9-28H,1-8H3/q+1. The lowest BCUT2D eigenvalue weighted by atomic mass is 9.92. The molecule has 44 heavy (non-hydrogen) atoms. The third kappa shape index (κ3) is 6.02. The number of hydrogen-bond acceptors (Lipinski definition) is 0. The van der Waals surface area contributed by atoms with Gasteiger partial charge in [0, 0.05) is 22.3 Å². The van der Waals surface area contributed by atoms with Crippen LogP contribution in [0.15, 0.2) is 97.1 Å². The molecule has 0 fully saturated rings. The molecule has 1 aromatic heterocycles. The average molecular weight is 643 g/mol. The van der Waals surface area contributed by atoms with E-state index >= 15 is 0 Å². The molecular weight excluding hydrogens is 598 g/mol. The summed E-state index contributed by atoms with van der Waals surface area (Å²) in [5, 5.41) is 3.58. The van der Waals surface area contributed by atoms with Crippen LogP contribution in [-0.4, -0.2) is 4.57 Å². The average Bonchev–Trinajstić information content (AvgIpc) is 3.26. The first-order valence-electron chi connectivity index (χ1n) is 15.7. The number of imidazole rings is 1. The van der Waals surface area contributed by atoms with E-state index in [1.807, 2.05) is 0 Å². The van der Waals surface area contributed by atoms with Crippen LogP contribution in [0.3, 0.4) is 0 Å². The van der Waals surface area contributed by atoms with E-state index in [0.717, 1.165) is 16.9 Å². The molecule has 0 atom stereocenters. The van der Waals surface area contributed by atoms with E-state index in [9.17, 15) is 0 Å². The van der Waals surface area contributed by atoms with Crippen LogP contribution in [0.25, 0.3) is 11.4 Å². The van der Waals surface area contributed by atoms with Crippen LogP contribution in [0.4, 0.5) is 0 Å². The number of nitrogens with zero attached hydrogens (tertiary/aromatic N) is 2. The van der Waals surface area contributed by atoms with Crippen LogP contribution in [0.5, 0.6) is 0 Å². The second kappa shape index (κ2) is 13.6. The SMILES string of the molecule is CC(C)c1cccc(C(C)C)c1-n1c(Cl)c(Cl)[n+](-c2c(C(C)C)cccc2C(C)C)c1P(c1ccccc1)c1ccccc1. The van der Waals surface area contributed by atoms with Crippen LogP contribution in [0, 0.1) is 0 Å². The Morgan fingerprint density at radius 1 is 0.523 bits per heavy atom. The Morgan fingerprint density at radius 2 is 0.909 bits per heavy atom. The van der Waals surface area contributed by atoms with Gasteiger partial charge in [-0.2, -0.15) is 9.13 Å². The van der Waals surface area contributed by atoms with Crippen molar-refractivity contribution < 1.29 is 4.57 Å². The molecular formula is C39H44Cl2N2P+. The first-order chi connectivity index (χ1) is 21.0. The van der Waals surface area contributed by atoms with E-state index in [0.29, 0.717) is 10.3 Å². The number of hydrogen-bond donors (Lipinski definition) is 0. The van der Waals surface area contributed by atoms with Crippen LogP contribution >= 0.6 is 31.1 Å². The number of benzene rings is 4. The first-order valence-corrected chi connectivity index (χ1v) is 17.8. The Kier molecular flexibility index (Phi) is 10.1. The van der Waals surface area contributed by atoms with Gasteiger partial charge in [-0.3, -0.25) is 0 Å². The highest BCUT2D eigenvalue weighted by atomic mass is 35.5. The largest absolute Gasteiger partial charge is 0.298 e. The van der Waals surface area contributed by atoms with E-state index in [1.165, 1.54) is 32.9 Å². The Morgan fingerprint density at radius 3 is 1.30 bits per heavy atom. The maximum atomic E-state index is 7.56. The summed E-state index contributed by atoms with van der Waals surface area (Å²) in [6.45, 7) is 18.1. The number of para-hydroxylation sites is 2. The fourth-order valence-electron chi connectivity index (χ4n) is 6.13. The van der Waals surface area contributed by atoms with Crippen molar-refractivity contribution in [3.05, 3.63) is 130 Å². The fraction of sp³-hybridized carbons (Fsp3) is 0.308. The minimum absolute atomic E-state index is 0.288. The van der Waals surface area contributed by atoms with Gasteiger partial charge in [0.2, 0.25) is 0 Å². The number of halogens is 2. The molecule has 1 heterocycles. The van der Waals surface area contributed by atoms with Gasteiger partial charge < -0.3 is 0 Å². The van der Waals surface area contributed by atoms with Gasteiger partial charge in [-0.1, -0.05) is 152 Å². The topological polar surface area (TPSA) is 8.81 Å². The van der Waals surface area contributed by atoms with Gasteiger partial charge >= 0.3 is 0 Å². The third-order valence-corrected chi connectivity index (χ3v) is 11.5. The number of aromatic nitrogens is 2. The molecule has 0 radical (unpaired) electrons. The van der Waals surface area contributed by atoms with Gasteiger partial charge in [-0.25, -0.2) is 0 Å². The molecule has 0 N–H and O–H groups in total.